The zero-order valence-electron chi connectivity index (χ0n) is 7.97. The predicted molar refractivity (Wildman–Crippen MR) is 55.4 cm³/mol. The first-order valence-corrected chi connectivity index (χ1v) is 5.07. The largest absolute Gasteiger partial charge is 0.360 e. The molecule has 0 spiro atoms. The molecule has 2 atom stereocenters. The predicted octanol–water partition coefficient (Wildman–Crippen LogP) is 1.88. The van der Waals surface area contributed by atoms with E-state index in [0.717, 1.165) is 17.8 Å². The molecule has 1 saturated heterocycles. The van der Waals surface area contributed by atoms with E-state index in [2.05, 4.69) is 21.9 Å². The SMILES string of the molecule is C1=CCC2=C(N=1)c1ncccc1C1OC21. The van der Waals surface area contributed by atoms with Gasteiger partial charge in [0.2, 0.25) is 0 Å². The summed E-state index contributed by atoms with van der Waals surface area (Å²) in [7, 11) is 0. The number of aromatic nitrogens is 1. The molecule has 72 valence electrons. The number of hydrogen-bond donors (Lipinski definition) is 0. The Morgan fingerprint density at radius 2 is 2.40 bits per heavy atom. The van der Waals surface area contributed by atoms with Gasteiger partial charge in [0.05, 0.1) is 5.69 Å². The van der Waals surface area contributed by atoms with Gasteiger partial charge >= 0.3 is 0 Å². The monoisotopic (exact) mass is 196 g/mol. The molecule has 3 heterocycles. The molecule has 1 aromatic rings. The number of nitrogens with zero attached hydrogens (tertiary/aromatic N) is 2. The van der Waals surface area contributed by atoms with Crippen LogP contribution >= 0.6 is 0 Å². The minimum absolute atomic E-state index is 0.231. The Morgan fingerprint density at radius 3 is 3.40 bits per heavy atom. The van der Waals surface area contributed by atoms with E-state index in [-0.39, 0.29) is 12.2 Å². The van der Waals surface area contributed by atoms with Crippen molar-refractivity contribution in [1.82, 2.24) is 4.98 Å². The average Bonchev–Trinajstić information content (AvgIpc) is 3.10. The molecular formula is C12H8N2O. The number of ether oxygens (including phenoxy) is 1. The summed E-state index contributed by atoms with van der Waals surface area (Å²) in [5.74, 6) is 2.91. The lowest BCUT2D eigenvalue weighted by molar-refractivity contribution is 0.389. The van der Waals surface area contributed by atoms with Gasteiger partial charge in [-0.25, -0.2) is 4.99 Å². The number of pyridine rings is 1. The van der Waals surface area contributed by atoms with E-state index >= 15 is 0 Å². The van der Waals surface area contributed by atoms with Crippen molar-refractivity contribution in [1.29, 1.82) is 0 Å². The summed E-state index contributed by atoms with van der Waals surface area (Å²) in [5, 5.41) is 0. The number of allylic oxidation sites excluding steroid dienone is 1. The van der Waals surface area contributed by atoms with Gasteiger partial charge in [-0.1, -0.05) is 6.07 Å². The third-order valence-corrected chi connectivity index (χ3v) is 3.10. The quantitative estimate of drug-likeness (QED) is 0.594. The van der Waals surface area contributed by atoms with Crippen molar-refractivity contribution in [3.8, 4) is 0 Å². The van der Waals surface area contributed by atoms with E-state index in [4.69, 9.17) is 4.74 Å². The molecule has 0 radical (unpaired) electrons. The van der Waals surface area contributed by atoms with E-state index in [9.17, 15) is 0 Å². The average molecular weight is 196 g/mol. The van der Waals surface area contributed by atoms with Crippen molar-refractivity contribution in [3.63, 3.8) is 0 Å². The lowest BCUT2D eigenvalue weighted by atomic mass is 9.91. The molecule has 0 bridgehead atoms. The van der Waals surface area contributed by atoms with Gasteiger partial charge in [0.15, 0.2) is 0 Å². The summed E-state index contributed by atoms with van der Waals surface area (Å²) >= 11 is 0. The van der Waals surface area contributed by atoms with Gasteiger partial charge in [-0.2, -0.15) is 0 Å². The van der Waals surface area contributed by atoms with Crippen LogP contribution in [-0.2, 0) is 4.74 Å². The third kappa shape index (κ3) is 0.890. The topological polar surface area (TPSA) is 37.8 Å². The van der Waals surface area contributed by atoms with E-state index < -0.39 is 0 Å². The van der Waals surface area contributed by atoms with Crippen LogP contribution < -0.4 is 0 Å². The first-order chi connectivity index (χ1) is 7.45. The van der Waals surface area contributed by atoms with Gasteiger partial charge in [-0.05, 0) is 23.6 Å². The zero-order chi connectivity index (χ0) is 9.83. The van der Waals surface area contributed by atoms with Gasteiger partial charge in [0, 0.05) is 18.2 Å². The maximum absolute atomic E-state index is 5.67. The molecule has 0 saturated carbocycles. The summed E-state index contributed by atoms with van der Waals surface area (Å²) in [5.41, 5.74) is 4.40. The molecule has 3 aliphatic rings. The first-order valence-electron chi connectivity index (χ1n) is 5.07. The Labute approximate surface area is 86.8 Å². The molecule has 3 nitrogen and oxygen atoms in total. The maximum atomic E-state index is 5.67. The molecule has 1 fully saturated rings. The second-order valence-electron chi connectivity index (χ2n) is 3.94. The fourth-order valence-electron chi connectivity index (χ4n) is 2.35. The van der Waals surface area contributed by atoms with Crippen LogP contribution in [0.4, 0.5) is 0 Å². The van der Waals surface area contributed by atoms with E-state index in [0.29, 0.717) is 0 Å². The van der Waals surface area contributed by atoms with Crippen LogP contribution in [0.25, 0.3) is 5.70 Å². The summed E-state index contributed by atoms with van der Waals surface area (Å²) in [6.45, 7) is 0. The minimum atomic E-state index is 0.231. The Kier molecular flexibility index (Phi) is 1.24. The summed E-state index contributed by atoms with van der Waals surface area (Å²) < 4.78 is 5.67. The first kappa shape index (κ1) is 7.57. The fourth-order valence-corrected chi connectivity index (χ4v) is 2.35. The molecule has 0 N–H and O–H groups in total. The lowest BCUT2D eigenvalue weighted by Gasteiger charge is -2.16. The van der Waals surface area contributed by atoms with Gasteiger partial charge in [0.1, 0.15) is 17.9 Å². The molecule has 15 heavy (non-hydrogen) atoms. The lowest BCUT2D eigenvalue weighted by Crippen LogP contribution is -2.09. The highest BCUT2D eigenvalue weighted by atomic mass is 16.6. The standard InChI is InChI=1S/C12H8N2O/c1-3-7-9(13-5-1)10-8(4-2-6-14-10)12-11(7)15-12/h1-3,5,11-12H,4H2. The van der Waals surface area contributed by atoms with Crippen molar-refractivity contribution in [2.45, 2.75) is 18.6 Å². The van der Waals surface area contributed by atoms with Crippen molar-refractivity contribution in [2.75, 3.05) is 0 Å². The summed E-state index contributed by atoms with van der Waals surface area (Å²) in [6.07, 6.45) is 5.13. The summed E-state index contributed by atoms with van der Waals surface area (Å²) in [6, 6.07) is 4.02. The van der Waals surface area contributed by atoms with Gasteiger partial charge in [-0.15, -0.1) is 0 Å². The highest BCUT2D eigenvalue weighted by Gasteiger charge is 2.49. The molecule has 1 aromatic heterocycles. The Morgan fingerprint density at radius 1 is 1.40 bits per heavy atom. The number of hydrogen-bond acceptors (Lipinski definition) is 3. The highest BCUT2D eigenvalue weighted by molar-refractivity contribution is 5.80. The molecule has 1 aliphatic carbocycles. The van der Waals surface area contributed by atoms with E-state index in [1.54, 1.807) is 6.20 Å². The third-order valence-electron chi connectivity index (χ3n) is 3.10. The van der Waals surface area contributed by atoms with E-state index in [1.165, 1.54) is 11.1 Å². The summed E-state index contributed by atoms with van der Waals surface area (Å²) in [4.78, 5) is 8.70. The number of rotatable bonds is 0. The van der Waals surface area contributed by atoms with Crippen LogP contribution in [0.5, 0.6) is 0 Å². The van der Waals surface area contributed by atoms with Gasteiger partial charge in [-0.3, -0.25) is 4.98 Å². The Balaban J connectivity index is 2.04. The van der Waals surface area contributed by atoms with Crippen molar-refractivity contribution >= 4 is 11.6 Å². The van der Waals surface area contributed by atoms with Crippen LogP contribution in [0.15, 0.2) is 35.0 Å². The second-order valence-corrected chi connectivity index (χ2v) is 3.94. The van der Waals surface area contributed by atoms with Gasteiger partial charge in [0.25, 0.3) is 0 Å². The van der Waals surface area contributed by atoms with Gasteiger partial charge < -0.3 is 4.74 Å². The molecule has 2 unspecified atom stereocenters. The van der Waals surface area contributed by atoms with E-state index in [1.807, 2.05) is 12.1 Å². The minimum Gasteiger partial charge on any atom is -0.360 e. The van der Waals surface area contributed by atoms with Crippen LogP contribution in [0.2, 0.25) is 0 Å². The second kappa shape index (κ2) is 2.45. The molecule has 2 aliphatic heterocycles. The molecule has 4 rings (SSSR count). The van der Waals surface area contributed by atoms with Crippen LogP contribution in [0.1, 0.15) is 23.8 Å². The molecule has 0 amide bonds. The van der Waals surface area contributed by atoms with Crippen molar-refractivity contribution in [2.24, 2.45) is 4.99 Å². The smallest absolute Gasteiger partial charge is 0.116 e. The zero-order valence-corrected chi connectivity index (χ0v) is 7.97. The maximum Gasteiger partial charge on any atom is 0.116 e. The molecule has 0 aromatic carbocycles. The van der Waals surface area contributed by atoms with Crippen LogP contribution in [0.3, 0.4) is 0 Å². The Bertz CT molecular complexity index is 552. The fraction of sp³-hybridized carbons (Fsp3) is 0.250. The van der Waals surface area contributed by atoms with Crippen molar-refractivity contribution < 1.29 is 4.74 Å². The normalized spacial score (nSPS) is 29.6. The van der Waals surface area contributed by atoms with Crippen LogP contribution in [0, 0.1) is 0 Å². The highest BCUT2D eigenvalue weighted by Crippen LogP contribution is 2.52. The Hall–Kier alpha value is -1.70. The van der Waals surface area contributed by atoms with Crippen molar-refractivity contribution in [3.05, 3.63) is 41.2 Å². The number of epoxide rings is 1. The van der Waals surface area contributed by atoms with Crippen LogP contribution in [-0.4, -0.2) is 17.0 Å². The molecule has 3 heteroatoms. The molecular weight excluding hydrogens is 188 g/mol. The number of aliphatic imine (C=N–C) groups is 1. The number of fused-ring (bicyclic) bond motifs is 5.